The monoisotopic (exact) mass is 266 g/mol. The van der Waals surface area contributed by atoms with E-state index in [0.717, 1.165) is 6.07 Å². The molecule has 0 spiro atoms. The fourth-order valence-electron chi connectivity index (χ4n) is 1.26. The van der Waals surface area contributed by atoms with E-state index in [9.17, 15) is 13.2 Å². The standard InChI is InChI=1S/C11H13F3O2S/c1-17-5-4-16-10-3-2-8(7-15)6-9(10)11(12,13)14/h2-3,6,15H,4-5,7H2,1H3. The highest BCUT2D eigenvalue weighted by Gasteiger charge is 2.34. The highest BCUT2D eigenvalue weighted by molar-refractivity contribution is 7.98. The number of alkyl halides is 3. The van der Waals surface area contributed by atoms with Crippen LogP contribution < -0.4 is 4.74 Å². The van der Waals surface area contributed by atoms with Crippen LogP contribution in [0.25, 0.3) is 0 Å². The van der Waals surface area contributed by atoms with E-state index in [0.29, 0.717) is 5.75 Å². The lowest BCUT2D eigenvalue weighted by Gasteiger charge is -2.14. The van der Waals surface area contributed by atoms with Crippen molar-refractivity contribution in [3.8, 4) is 5.75 Å². The molecule has 0 saturated heterocycles. The maximum atomic E-state index is 12.7. The van der Waals surface area contributed by atoms with Gasteiger partial charge in [-0.25, -0.2) is 0 Å². The van der Waals surface area contributed by atoms with Gasteiger partial charge in [0, 0.05) is 5.75 Å². The fourth-order valence-corrected chi connectivity index (χ4v) is 1.51. The predicted octanol–water partition coefficient (Wildman–Crippen LogP) is 2.94. The molecule has 0 aliphatic heterocycles. The first-order valence-electron chi connectivity index (χ1n) is 4.91. The zero-order chi connectivity index (χ0) is 12.9. The lowest BCUT2D eigenvalue weighted by atomic mass is 10.1. The van der Waals surface area contributed by atoms with E-state index in [1.165, 1.54) is 23.9 Å². The van der Waals surface area contributed by atoms with Gasteiger partial charge in [-0.2, -0.15) is 24.9 Å². The van der Waals surface area contributed by atoms with Gasteiger partial charge in [0.1, 0.15) is 5.75 Å². The summed E-state index contributed by atoms with van der Waals surface area (Å²) >= 11 is 1.50. The Morgan fingerprint density at radius 1 is 1.35 bits per heavy atom. The maximum Gasteiger partial charge on any atom is 0.419 e. The molecule has 0 atom stereocenters. The molecule has 1 aromatic carbocycles. The quantitative estimate of drug-likeness (QED) is 0.831. The SMILES string of the molecule is CSCCOc1ccc(CO)cc1C(F)(F)F. The molecule has 0 aliphatic carbocycles. The summed E-state index contributed by atoms with van der Waals surface area (Å²) in [5, 5.41) is 8.82. The highest BCUT2D eigenvalue weighted by atomic mass is 32.2. The van der Waals surface area contributed by atoms with E-state index in [-0.39, 0.29) is 17.9 Å². The van der Waals surface area contributed by atoms with Gasteiger partial charge < -0.3 is 9.84 Å². The van der Waals surface area contributed by atoms with Crippen LogP contribution in [0.5, 0.6) is 5.75 Å². The molecular weight excluding hydrogens is 253 g/mol. The van der Waals surface area contributed by atoms with Gasteiger partial charge >= 0.3 is 6.18 Å². The lowest BCUT2D eigenvalue weighted by Crippen LogP contribution is -2.11. The number of benzene rings is 1. The summed E-state index contributed by atoms with van der Waals surface area (Å²) < 4.78 is 43.2. The average Bonchev–Trinajstić information content (AvgIpc) is 2.28. The Morgan fingerprint density at radius 2 is 2.06 bits per heavy atom. The van der Waals surface area contributed by atoms with Gasteiger partial charge in [-0.15, -0.1) is 0 Å². The topological polar surface area (TPSA) is 29.5 Å². The molecule has 0 saturated carbocycles. The van der Waals surface area contributed by atoms with Crippen LogP contribution in [0.2, 0.25) is 0 Å². The van der Waals surface area contributed by atoms with Crippen molar-refractivity contribution in [3.05, 3.63) is 29.3 Å². The second-order valence-corrected chi connectivity index (χ2v) is 4.31. The molecule has 0 unspecified atom stereocenters. The molecule has 2 nitrogen and oxygen atoms in total. The van der Waals surface area contributed by atoms with Gasteiger partial charge in [-0.3, -0.25) is 0 Å². The summed E-state index contributed by atoms with van der Waals surface area (Å²) in [6.45, 7) is -0.198. The van der Waals surface area contributed by atoms with Crippen LogP contribution >= 0.6 is 11.8 Å². The Labute approximate surface area is 102 Å². The molecule has 1 aromatic rings. The largest absolute Gasteiger partial charge is 0.492 e. The summed E-state index contributed by atoms with van der Waals surface area (Å²) in [5.41, 5.74) is -0.625. The summed E-state index contributed by atoms with van der Waals surface area (Å²) in [6.07, 6.45) is -2.62. The lowest BCUT2D eigenvalue weighted by molar-refractivity contribution is -0.139. The summed E-state index contributed by atoms with van der Waals surface area (Å²) in [5.74, 6) is 0.433. The van der Waals surface area contributed by atoms with E-state index in [1.54, 1.807) is 0 Å². The highest BCUT2D eigenvalue weighted by Crippen LogP contribution is 2.36. The first-order chi connectivity index (χ1) is 7.99. The first kappa shape index (κ1) is 14.2. The van der Waals surface area contributed by atoms with Crippen molar-refractivity contribution < 1.29 is 23.0 Å². The third-order valence-corrected chi connectivity index (χ3v) is 2.65. The number of thioether (sulfide) groups is 1. The number of ether oxygens (including phenoxy) is 1. The summed E-state index contributed by atoms with van der Waals surface area (Å²) in [4.78, 5) is 0. The number of aliphatic hydroxyl groups excluding tert-OH is 1. The molecule has 96 valence electrons. The number of rotatable bonds is 5. The minimum Gasteiger partial charge on any atom is -0.492 e. The number of hydrogen-bond acceptors (Lipinski definition) is 3. The Balaban J connectivity index is 2.95. The zero-order valence-electron chi connectivity index (χ0n) is 9.25. The maximum absolute atomic E-state index is 12.7. The third kappa shape index (κ3) is 4.12. The van der Waals surface area contributed by atoms with E-state index in [2.05, 4.69) is 0 Å². The molecule has 0 bridgehead atoms. The molecular formula is C11H13F3O2S. The van der Waals surface area contributed by atoms with Crippen molar-refractivity contribution in [2.24, 2.45) is 0 Å². The molecule has 0 aromatic heterocycles. The van der Waals surface area contributed by atoms with Gasteiger partial charge in [0.05, 0.1) is 18.8 Å². The molecule has 6 heteroatoms. The number of aliphatic hydroxyl groups is 1. The summed E-state index contributed by atoms with van der Waals surface area (Å²) in [6, 6.07) is 3.58. The fraction of sp³-hybridized carbons (Fsp3) is 0.455. The third-order valence-electron chi connectivity index (χ3n) is 2.08. The van der Waals surface area contributed by atoms with Gasteiger partial charge in [0.2, 0.25) is 0 Å². The van der Waals surface area contributed by atoms with E-state index in [4.69, 9.17) is 9.84 Å². The van der Waals surface area contributed by atoms with Crippen molar-refractivity contribution in [1.29, 1.82) is 0 Å². The van der Waals surface area contributed by atoms with Gasteiger partial charge in [0.15, 0.2) is 0 Å². The van der Waals surface area contributed by atoms with E-state index >= 15 is 0 Å². The van der Waals surface area contributed by atoms with Crippen LogP contribution in [0.1, 0.15) is 11.1 Å². The minimum atomic E-state index is -4.47. The molecule has 1 N–H and O–H groups in total. The van der Waals surface area contributed by atoms with Gasteiger partial charge in [0.25, 0.3) is 0 Å². The van der Waals surface area contributed by atoms with Crippen LogP contribution in [0, 0.1) is 0 Å². The average molecular weight is 266 g/mol. The van der Waals surface area contributed by atoms with Crippen molar-refractivity contribution in [1.82, 2.24) is 0 Å². The van der Waals surface area contributed by atoms with Crippen LogP contribution in [0.3, 0.4) is 0 Å². The van der Waals surface area contributed by atoms with Gasteiger partial charge in [-0.1, -0.05) is 6.07 Å². The second kappa shape index (κ2) is 6.16. The molecule has 17 heavy (non-hydrogen) atoms. The molecule has 0 amide bonds. The smallest absolute Gasteiger partial charge is 0.419 e. The normalized spacial score (nSPS) is 11.6. The minimum absolute atomic E-state index is 0.191. The van der Waals surface area contributed by atoms with Gasteiger partial charge in [-0.05, 0) is 24.0 Å². The number of halogens is 3. The Kier molecular flexibility index (Phi) is 5.14. The zero-order valence-corrected chi connectivity index (χ0v) is 10.1. The Morgan fingerprint density at radius 3 is 2.59 bits per heavy atom. The van der Waals surface area contributed by atoms with E-state index < -0.39 is 18.3 Å². The van der Waals surface area contributed by atoms with Crippen molar-refractivity contribution in [2.75, 3.05) is 18.6 Å². The van der Waals surface area contributed by atoms with Crippen LogP contribution in [-0.4, -0.2) is 23.7 Å². The first-order valence-corrected chi connectivity index (χ1v) is 6.31. The Bertz CT molecular complexity index is 366. The van der Waals surface area contributed by atoms with Crippen LogP contribution in [0.4, 0.5) is 13.2 Å². The molecule has 0 heterocycles. The Hall–Kier alpha value is -0.880. The van der Waals surface area contributed by atoms with Crippen LogP contribution in [0.15, 0.2) is 18.2 Å². The van der Waals surface area contributed by atoms with Crippen molar-refractivity contribution >= 4 is 11.8 Å². The molecule has 0 aliphatic rings. The van der Waals surface area contributed by atoms with Crippen molar-refractivity contribution in [2.45, 2.75) is 12.8 Å². The number of hydrogen-bond donors (Lipinski definition) is 1. The molecule has 1 rings (SSSR count). The predicted molar refractivity (Wildman–Crippen MR) is 61.2 cm³/mol. The molecule has 0 fully saturated rings. The van der Waals surface area contributed by atoms with E-state index in [1.807, 2.05) is 6.26 Å². The van der Waals surface area contributed by atoms with Crippen molar-refractivity contribution in [3.63, 3.8) is 0 Å². The molecule has 0 radical (unpaired) electrons. The van der Waals surface area contributed by atoms with Crippen LogP contribution in [-0.2, 0) is 12.8 Å². The summed E-state index contributed by atoms with van der Waals surface area (Å²) in [7, 11) is 0. The second-order valence-electron chi connectivity index (χ2n) is 3.33.